The third kappa shape index (κ3) is 5.15. The Morgan fingerprint density at radius 3 is 2.53 bits per heavy atom. The number of hydrogen-bond donors (Lipinski definition) is 1. The van der Waals surface area contributed by atoms with Crippen LogP contribution in [0.2, 0.25) is 0 Å². The minimum Gasteiger partial charge on any atom is -0.467 e. The normalized spacial score (nSPS) is 14.0. The zero-order valence-electron chi connectivity index (χ0n) is 17.5. The Labute approximate surface area is 185 Å². The van der Waals surface area contributed by atoms with E-state index in [-0.39, 0.29) is 11.6 Å². The van der Waals surface area contributed by atoms with Crippen LogP contribution in [-0.2, 0) is 11.3 Å². The molecule has 4 rings (SSSR count). The fourth-order valence-electron chi connectivity index (χ4n) is 3.64. The van der Waals surface area contributed by atoms with E-state index in [4.69, 9.17) is 4.42 Å². The first kappa shape index (κ1) is 21.2. The summed E-state index contributed by atoms with van der Waals surface area (Å²) in [5.74, 6) is 0.679. The molecule has 32 heavy (non-hydrogen) atoms. The van der Waals surface area contributed by atoms with Crippen molar-refractivity contribution >= 4 is 29.0 Å². The molecule has 0 aliphatic carbocycles. The van der Waals surface area contributed by atoms with Crippen molar-refractivity contribution in [2.24, 2.45) is 0 Å². The molecule has 1 fully saturated rings. The number of hydrogen-bond acceptors (Lipinski definition) is 6. The fourth-order valence-corrected chi connectivity index (χ4v) is 3.64. The van der Waals surface area contributed by atoms with Crippen LogP contribution in [-0.4, -0.2) is 41.9 Å². The number of benzene rings is 2. The molecular weight excluding hydrogens is 408 g/mol. The number of amides is 1. The number of nitrogens with zero attached hydrogens (tertiary/aromatic N) is 3. The molecule has 0 radical (unpaired) electrons. The molecule has 1 N–H and O–H groups in total. The Morgan fingerprint density at radius 2 is 1.84 bits per heavy atom. The van der Waals surface area contributed by atoms with Gasteiger partial charge in [-0.3, -0.25) is 14.9 Å². The molecular formula is C24H24N4O4. The van der Waals surface area contributed by atoms with Gasteiger partial charge in [0.25, 0.3) is 5.69 Å². The van der Waals surface area contributed by atoms with Crippen molar-refractivity contribution < 1.29 is 14.1 Å². The molecule has 8 heteroatoms. The molecule has 164 valence electrons. The van der Waals surface area contributed by atoms with Crippen molar-refractivity contribution in [3.05, 3.63) is 94.4 Å². The van der Waals surface area contributed by atoms with Crippen LogP contribution in [0.3, 0.4) is 0 Å². The molecule has 1 aliphatic heterocycles. The lowest BCUT2D eigenvalue weighted by Crippen LogP contribution is -2.48. The lowest BCUT2D eigenvalue weighted by molar-refractivity contribution is -0.384. The molecule has 1 saturated heterocycles. The van der Waals surface area contributed by atoms with Crippen LogP contribution >= 0.6 is 0 Å². The minimum absolute atomic E-state index is 0.0140. The van der Waals surface area contributed by atoms with Crippen LogP contribution in [0.5, 0.6) is 0 Å². The largest absolute Gasteiger partial charge is 0.467 e. The van der Waals surface area contributed by atoms with E-state index in [9.17, 15) is 14.9 Å². The summed E-state index contributed by atoms with van der Waals surface area (Å²) < 4.78 is 5.30. The van der Waals surface area contributed by atoms with E-state index in [2.05, 4.69) is 10.2 Å². The van der Waals surface area contributed by atoms with Gasteiger partial charge in [-0.25, -0.2) is 0 Å². The Hall–Kier alpha value is -4.07. The Morgan fingerprint density at radius 1 is 1.06 bits per heavy atom. The summed E-state index contributed by atoms with van der Waals surface area (Å²) in [7, 11) is 0. The van der Waals surface area contributed by atoms with Crippen molar-refractivity contribution in [3.63, 3.8) is 0 Å². The van der Waals surface area contributed by atoms with E-state index in [0.29, 0.717) is 44.2 Å². The third-order valence-electron chi connectivity index (χ3n) is 5.38. The number of nitro groups is 1. The van der Waals surface area contributed by atoms with Crippen LogP contribution in [0, 0.1) is 10.1 Å². The maximum absolute atomic E-state index is 12.5. The second-order valence-corrected chi connectivity index (χ2v) is 7.45. The summed E-state index contributed by atoms with van der Waals surface area (Å²) in [4.78, 5) is 27.5. The van der Waals surface area contributed by atoms with Crippen LogP contribution in [0.1, 0.15) is 11.3 Å². The Balaban J connectivity index is 1.39. The first-order valence-corrected chi connectivity index (χ1v) is 10.4. The highest BCUT2D eigenvalue weighted by Gasteiger charge is 2.22. The molecule has 0 saturated carbocycles. The predicted molar refractivity (Wildman–Crippen MR) is 123 cm³/mol. The standard InChI is InChI=1S/C24H24N4O4/c29-24(11-8-19-5-2-1-3-6-19)27-14-12-26(13-15-27)20-9-10-23(28(30)31)22(17-20)25-18-21-7-4-16-32-21/h1-11,16-17,25H,12-15,18H2/b11-8+. The number of carbonyl (C=O) groups excluding carboxylic acids is 1. The minimum atomic E-state index is -0.399. The Bertz CT molecular complexity index is 1090. The van der Waals surface area contributed by atoms with Gasteiger partial charge in [-0.15, -0.1) is 0 Å². The van der Waals surface area contributed by atoms with Gasteiger partial charge in [0.15, 0.2) is 0 Å². The summed E-state index contributed by atoms with van der Waals surface area (Å²) in [6.45, 7) is 2.84. The lowest BCUT2D eigenvalue weighted by atomic mass is 10.2. The number of nitrogens with one attached hydrogen (secondary N) is 1. The van der Waals surface area contributed by atoms with Crippen LogP contribution in [0.25, 0.3) is 6.08 Å². The molecule has 8 nitrogen and oxygen atoms in total. The molecule has 1 amide bonds. The second-order valence-electron chi connectivity index (χ2n) is 7.45. The summed E-state index contributed by atoms with van der Waals surface area (Å²) in [5.41, 5.74) is 2.32. The predicted octanol–water partition coefficient (Wildman–Crippen LogP) is 4.16. The molecule has 0 bridgehead atoms. The second kappa shape index (κ2) is 9.82. The molecule has 1 aromatic heterocycles. The molecule has 0 unspecified atom stereocenters. The van der Waals surface area contributed by atoms with Gasteiger partial charge in [0.1, 0.15) is 11.4 Å². The monoisotopic (exact) mass is 432 g/mol. The van der Waals surface area contributed by atoms with Crippen molar-refractivity contribution in [2.75, 3.05) is 36.4 Å². The first-order valence-electron chi connectivity index (χ1n) is 10.4. The van der Waals surface area contributed by atoms with Gasteiger partial charge in [-0.05, 0) is 35.9 Å². The van der Waals surface area contributed by atoms with E-state index >= 15 is 0 Å². The van der Waals surface area contributed by atoms with Gasteiger partial charge in [0.05, 0.1) is 17.7 Å². The smallest absolute Gasteiger partial charge is 0.292 e. The molecule has 3 aromatic rings. The number of carbonyl (C=O) groups is 1. The van der Waals surface area contributed by atoms with Crippen LogP contribution < -0.4 is 10.2 Å². The van der Waals surface area contributed by atoms with Crippen LogP contribution in [0.15, 0.2) is 77.4 Å². The maximum atomic E-state index is 12.5. The van der Waals surface area contributed by atoms with Gasteiger partial charge in [-0.1, -0.05) is 30.3 Å². The topological polar surface area (TPSA) is 91.9 Å². The van der Waals surface area contributed by atoms with Crippen LogP contribution in [0.4, 0.5) is 17.1 Å². The highest BCUT2D eigenvalue weighted by atomic mass is 16.6. The highest BCUT2D eigenvalue weighted by Crippen LogP contribution is 2.30. The van der Waals surface area contributed by atoms with Gasteiger partial charge >= 0.3 is 0 Å². The summed E-state index contributed by atoms with van der Waals surface area (Å²) in [5, 5.41) is 14.5. The van der Waals surface area contributed by atoms with E-state index in [1.807, 2.05) is 47.4 Å². The number of furan rings is 1. The van der Waals surface area contributed by atoms with Crippen molar-refractivity contribution in [1.29, 1.82) is 0 Å². The maximum Gasteiger partial charge on any atom is 0.292 e. The zero-order chi connectivity index (χ0) is 22.3. The van der Waals surface area contributed by atoms with Gasteiger partial charge in [-0.2, -0.15) is 0 Å². The average Bonchev–Trinajstić information content (AvgIpc) is 3.35. The fraction of sp³-hybridized carbons (Fsp3) is 0.208. The number of nitro benzene ring substituents is 1. The summed E-state index contributed by atoms with van der Waals surface area (Å²) in [6.07, 6.45) is 4.99. The lowest BCUT2D eigenvalue weighted by Gasteiger charge is -2.35. The average molecular weight is 432 g/mol. The molecule has 0 spiro atoms. The first-order chi connectivity index (χ1) is 15.6. The van der Waals surface area contributed by atoms with Gasteiger partial charge in [0, 0.05) is 44.0 Å². The van der Waals surface area contributed by atoms with Crippen molar-refractivity contribution in [2.45, 2.75) is 6.54 Å². The molecule has 0 atom stereocenters. The number of anilines is 2. The van der Waals surface area contributed by atoms with Gasteiger partial charge in [0.2, 0.25) is 5.91 Å². The summed E-state index contributed by atoms with van der Waals surface area (Å²) >= 11 is 0. The summed E-state index contributed by atoms with van der Waals surface area (Å²) in [6, 6.07) is 18.4. The Kier molecular flexibility index (Phi) is 6.50. The van der Waals surface area contributed by atoms with E-state index in [0.717, 1.165) is 11.3 Å². The van der Waals surface area contributed by atoms with E-state index < -0.39 is 4.92 Å². The molecule has 2 aromatic carbocycles. The van der Waals surface area contributed by atoms with Gasteiger partial charge < -0.3 is 19.5 Å². The molecule has 2 heterocycles. The van der Waals surface area contributed by atoms with Crippen molar-refractivity contribution in [3.8, 4) is 0 Å². The zero-order valence-corrected chi connectivity index (χ0v) is 17.5. The van der Waals surface area contributed by atoms with Crippen molar-refractivity contribution in [1.82, 2.24) is 4.90 Å². The molecule has 1 aliphatic rings. The van der Waals surface area contributed by atoms with E-state index in [1.54, 1.807) is 30.5 Å². The van der Waals surface area contributed by atoms with E-state index in [1.165, 1.54) is 6.07 Å². The quantitative estimate of drug-likeness (QED) is 0.342. The third-order valence-corrected chi connectivity index (χ3v) is 5.38. The number of rotatable bonds is 7. The number of piperazine rings is 1. The SMILES string of the molecule is O=C(/C=C/c1ccccc1)N1CCN(c2ccc([N+](=O)[O-])c(NCc3ccco3)c2)CC1. The highest BCUT2D eigenvalue weighted by molar-refractivity contribution is 5.92.